The Kier molecular flexibility index (Phi) is 7.97. The Morgan fingerprint density at radius 3 is 2.53 bits per heavy atom. The number of benzene rings is 2. The number of carbonyl (C=O) groups is 1. The van der Waals surface area contributed by atoms with Crippen molar-refractivity contribution in [1.82, 2.24) is 20.1 Å². The molecule has 10 heteroatoms. The molecule has 4 aromatic rings. The molecule has 2 aromatic heterocycles. The molecule has 0 spiro atoms. The van der Waals surface area contributed by atoms with Crippen molar-refractivity contribution in [2.75, 3.05) is 31.1 Å². The van der Waals surface area contributed by atoms with Crippen molar-refractivity contribution < 1.29 is 14.3 Å². The number of halogens is 1. The number of fused-ring (bicyclic) bond motifs is 1. The average molecular weight is 515 g/mol. The lowest BCUT2D eigenvalue weighted by Gasteiger charge is -2.35. The predicted octanol–water partition coefficient (Wildman–Crippen LogP) is 3.61. The maximum Gasteiger partial charge on any atom is 0.272 e. The third kappa shape index (κ3) is 5.47. The summed E-state index contributed by atoms with van der Waals surface area (Å²) >= 11 is 0. The van der Waals surface area contributed by atoms with Gasteiger partial charge in [-0.3, -0.25) is 9.59 Å². The van der Waals surface area contributed by atoms with E-state index in [1.165, 1.54) is 36.5 Å². The standard InChI is InChI=1S/C26H21FN6O3.C2H6/c27-22-5-1-16(12-23-20-13-18(34)3-4-19(20)25(35)31-30-23)11-21(22)26(36)33-9-7-32(8-10-33)24-6-2-17(14-28)15-29-24;1-2/h1-6,11,13,15,34H,7-10,12H2,(H,31,35);1-2H3. The van der Waals surface area contributed by atoms with Crippen LogP contribution < -0.4 is 10.5 Å². The van der Waals surface area contributed by atoms with Gasteiger partial charge in [-0.2, -0.15) is 10.4 Å². The zero-order valence-corrected chi connectivity index (χ0v) is 21.1. The molecule has 0 bridgehead atoms. The van der Waals surface area contributed by atoms with Crippen molar-refractivity contribution in [2.45, 2.75) is 20.3 Å². The Labute approximate surface area is 218 Å². The zero-order chi connectivity index (χ0) is 27.2. The van der Waals surface area contributed by atoms with Crippen LogP contribution in [0.2, 0.25) is 0 Å². The van der Waals surface area contributed by atoms with Crippen LogP contribution in [0, 0.1) is 17.1 Å². The molecule has 5 rings (SSSR count). The van der Waals surface area contributed by atoms with E-state index in [0.29, 0.717) is 53.8 Å². The average Bonchev–Trinajstić information content (AvgIpc) is 2.96. The lowest BCUT2D eigenvalue weighted by atomic mass is 10.0. The van der Waals surface area contributed by atoms with Gasteiger partial charge in [0.2, 0.25) is 0 Å². The van der Waals surface area contributed by atoms with Gasteiger partial charge in [0.05, 0.1) is 22.2 Å². The van der Waals surface area contributed by atoms with Gasteiger partial charge in [-0.25, -0.2) is 14.5 Å². The first kappa shape index (κ1) is 26.3. The van der Waals surface area contributed by atoms with Gasteiger partial charge >= 0.3 is 0 Å². The van der Waals surface area contributed by atoms with Gasteiger partial charge in [0.15, 0.2) is 0 Å². The number of aromatic nitrogens is 3. The van der Waals surface area contributed by atoms with Crippen molar-refractivity contribution >= 4 is 22.5 Å². The number of hydrogen-bond donors (Lipinski definition) is 2. The molecule has 194 valence electrons. The number of hydrogen-bond acceptors (Lipinski definition) is 7. The second-order valence-electron chi connectivity index (χ2n) is 8.52. The summed E-state index contributed by atoms with van der Waals surface area (Å²) in [7, 11) is 0. The molecule has 2 N–H and O–H groups in total. The topological polar surface area (TPSA) is 126 Å². The van der Waals surface area contributed by atoms with E-state index in [9.17, 15) is 19.1 Å². The molecular weight excluding hydrogens is 487 g/mol. The third-order valence-electron chi connectivity index (χ3n) is 6.25. The molecule has 0 radical (unpaired) electrons. The Hall–Kier alpha value is -4.78. The molecule has 38 heavy (non-hydrogen) atoms. The molecule has 9 nitrogen and oxygen atoms in total. The minimum absolute atomic E-state index is 0.00136. The van der Waals surface area contributed by atoms with E-state index in [2.05, 4.69) is 15.2 Å². The fourth-order valence-corrected chi connectivity index (χ4v) is 4.33. The number of anilines is 1. The van der Waals surface area contributed by atoms with Crippen molar-refractivity contribution in [3.05, 3.63) is 93.3 Å². The van der Waals surface area contributed by atoms with E-state index in [-0.39, 0.29) is 23.3 Å². The van der Waals surface area contributed by atoms with Gasteiger partial charge in [-0.15, -0.1) is 0 Å². The molecule has 3 heterocycles. The molecule has 0 aliphatic carbocycles. The van der Waals surface area contributed by atoms with E-state index < -0.39 is 11.7 Å². The number of aromatic amines is 1. The molecular formula is C28H27FN6O3. The molecule has 1 amide bonds. The van der Waals surface area contributed by atoms with E-state index in [0.717, 1.165) is 5.82 Å². The highest BCUT2D eigenvalue weighted by Gasteiger charge is 2.25. The summed E-state index contributed by atoms with van der Waals surface area (Å²) < 4.78 is 14.7. The van der Waals surface area contributed by atoms with E-state index in [4.69, 9.17) is 5.26 Å². The van der Waals surface area contributed by atoms with Crippen LogP contribution in [0.1, 0.15) is 41.0 Å². The van der Waals surface area contributed by atoms with Crippen LogP contribution in [0.3, 0.4) is 0 Å². The minimum Gasteiger partial charge on any atom is -0.508 e. The molecule has 1 saturated heterocycles. The van der Waals surface area contributed by atoms with Gasteiger partial charge in [0, 0.05) is 44.2 Å². The lowest BCUT2D eigenvalue weighted by molar-refractivity contribution is 0.0741. The first-order valence-corrected chi connectivity index (χ1v) is 12.3. The maximum atomic E-state index is 14.7. The van der Waals surface area contributed by atoms with Crippen LogP contribution in [0.4, 0.5) is 10.2 Å². The number of pyridine rings is 1. The summed E-state index contributed by atoms with van der Waals surface area (Å²) in [6.07, 6.45) is 1.74. The Balaban J connectivity index is 0.00000164. The lowest BCUT2D eigenvalue weighted by Crippen LogP contribution is -2.49. The number of phenols is 1. The number of nitrogens with one attached hydrogen (secondary N) is 1. The summed E-state index contributed by atoms with van der Waals surface area (Å²) in [6.45, 7) is 5.86. The highest BCUT2D eigenvalue weighted by atomic mass is 19.1. The predicted molar refractivity (Wildman–Crippen MR) is 142 cm³/mol. The number of aromatic hydroxyl groups is 1. The summed E-state index contributed by atoms with van der Waals surface area (Å²) in [6, 6.07) is 14.2. The number of amides is 1. The first-order chi connectivity index (χ1) is 18.4. The van der Waals surface area contributed by atoms with Gasteiger partial charge < -0.3 is 14.9 Å². The largest absolute Gasteiger partial charge is 0.508 e. The fraction of sp³-hybridized carbons (Fsp3) is 0.250. The van der Waals surface area contributed by atoms with Gasteiger partial charge in [-0.05, 0) is 48.0 Å². The van der Waals surface area contributed by atoms with E-state index in [1.54, 1.807) is 23.1 Å². The second-order valence-corrected chi connectivity index (χ2v) is 8.52. The number of rotatable bonds is 4. The number of H-pyrrole nitrogens is 1. The molecule has 0 unspecified atom stereocenters. The number of piperazine rings is 1. The summed E-state index contributed by atoms with van der Waals surface area (Å²) in [5, 5.41) is 26.2. The molecule has 2 aromatic carbocycles. The maximum absolute atomic E-state index is 14.7. The van der Waals surface area contributed by atoms with Crippen molar-refractivity contribution in [3.63, 3.8) is 0 Å². The number of nitriles is 1. The SMILES string of the molecule is CC.N#Cc1ccc(N2CCN(C(=O)c3cc(Cc4n[nH]c(=O)c5ccc(O)cc45)ccc3F)CC2)nc1. The quantitative estimate of drug-likeness (QED) is 0.426. The summed E-state index contributed by atoms with van der Waals surface area (Å²) in [5.74, 6) is -0.294. The smallest absolute Gasteiger partial charge is 0.272 e. The van der Waals surface area contributed by atoms with E-state index >= 15 is 0 Å². The number of carbonyl (C=O) groups excluding carboxylic acids is 1. The second kappa shape index (κ2) is 11.5. The summed E-state index contributed by atoms with van der Waals surface area (Å²) in [5.41, 5.74) is 1.20. The Morgan fingerprint density at radius 1 is 1.08 bits per heavy atom. The fourth-order valence-electron chi connectivity index (χ4n) is 4.33. The van der Waals surface area contributed by atoms with Crippen LogP contribution in [0.5, 0.6) is 5.75 Å². The minimum atomic E-state index is -0.614. The molecule has 1 aliphatic heterocycles. The van der Waals surface area contributed by atoms with Crippen molar-refractivity contribution in [1.29, 1.82) is 5.26 Å². The van der Waals surface area contributed by atoms with Crippen molar-refractivity contribution in [2.24, 2.45) is 0 Å². The summed E-state index contributed by atoms with van der Waals surface area (Å²) in [4.78, 5) is 33.2. The Bertz CT molecular complexity index is 1550. The van der Waals surface area contributed by atoms with E-state index in [1.807, 2.05) is 24.8 Å². The molecule has 0 saturated carbocycles. The number of phenolic OH excluding ortho intramolecular Hbond substituents is 1. The zero-order valence-electron chi connectivity index (χ0n) is 21.1. The van der Waals surface area contributed by atoms with Crippen LogP contribution in [-0.4, -0.2) is 57.3 Å². The van der Waals surface area contributed by atoms with Crippen LogP contribution in [0.25, 0.3) is 10.8 Å². The number of nitrogens with zero attached hydrogens (tertiary/aromatic N) is 5. The molecule has 0 atom stereocenters. The van der Waals surface area contributed by atoms with Crippen LogP contribution >= 0.6 is 0 Å². The third-order valence-corrected chi connectivity index (χ3v) is 6.25. The van der Waals surface area contributed by atoms with Gasteiger partial charge in [-0.1, -0.05) is 19.9 Å². The molecule has 1 aliphatic rings. The van der Waals surface area contributed by atoms with Gasteiger partial charge in [0.25, 0.3) is 11.5 Å². The molecule has 1 fully saturated rings. The Morgan fingerprint density at radius 2 is 1.84 bits per heavy atom. The normalized spacial score (nSPS) is 13.0. The highest BCUT2D eigenvalue weighted by molar-refractivity contribution is 5.95. The van der Waals surface area contributed by atoms with Crippen molar-refractivity contribution in [3.8, 4) is 11.8 Å². The highest BCUT2D eigenvalue weighted by Crippen LogP contribution is 2.23. The van der Waals surface area contributed by atoms with Crippen LogP contribution in [0.15, 0.2) is 59.5 Å². The monoisotopic (exact) mass is 514 g/mol. The van der Waals surface area contributed by atoms with Crippen LogP contribution in [-0.2, 0) is 6.42 Å². The van der Waals surface area contributed by atoms with Gasteiger partial charge in [0.1, 0.15) is 23.5 Å². The first-order valence-electron chi connectivity index (χ1n) is 12.3.